The number of amides is 1. The molecular formula is C18H23F3N4O4S. The van der Waals surface area contributed by atoms with Crippen molar-refractivity contribution in [2.24, 2.45) is 22.2 Å². The largest absolute Gasteiger partial charge is 0.480 e. The van der Waals surface area contributed by atoms with Crippen LogP contribution in [-0.2, 0) is 9.84 Å². The van der Waals surface area contributed by atoms with Crippen molar-refractivity contribution in [3.05, 3.63) is 23.8 Å². The van der Waals surface area contributed by atoms with E-state index in [1.807, 2.05) is 0 Å². The van der Waals surface area contributed by atoms with E-state index < -0.39 is 33.4 Å². The number of sulfone groups is 1. The van der Waals surface area contributed by atoms with Gasteiger partial charge in [0.05, 0.1) is 15.9 Å². The molecule has 1 heterocycles. The Bertz CT molecular complexity index is 996. The Balaban J connectivity index is 1.93. The summed E-state index contributed by atoms with van der Waals surface area (Å²) >= 11 is 0. The normalized spacial score (nSPS) is 24.9. The maximum Gasteiger partial charge on any atom is 0.425 e. The van der Waals surface area contributed by atoms with Crippen molar-refractivity contribution >= 4 is 21.6 Å². The lowest BCUT2D eigenvalue weighted by molar-refractivity contribution is -0.189. The van der Waals surface area contributed by atoms with Crippen molar-refractivity contribution in [2.45, 2.75) is 30.5 Å². The third kappa shape index (κ3) is 4.05. The Morgan fingerprint density at radius 1 is 1.43 bits per heavy atom. The second kappa shape index (κ2) is 7.33. The Morgan fingerprint density at radius 3 is 2.67 bits per heavy atom. The van der Waals surface area contributed by atoms with E-state index in [2.05, 4.69) is 10.5 Å². The van der Waals surface area contributed by atoms with Crippen molar-refractivity contribution < 1.29 is 31.1 Å². The van der Waals surface area contributed by atoms with Gasteiger partial charge in [-0.3, -0.25) is 4.79 Å². The quantitative estimate of drug-likeness (QED) is 0.386. The summed E-state index contributed by atoms with van der Waals surface area (Å²) in [6, 6.07) is 3.25. The Labute approximate surface area is 172 Å². The highest BCUT2D eigenvalue weighted by atomic mass is 32.2. The minimum absolute atomic E-state index is 0.0927. The van der Waals surface area contributed by atoms with E-state index in [-0.39, 0.29) is 28.7 Å². The summed E-state index contributed by atoms with van der Waals surface area (Å²) in [6.07, 6.45) is -5.12. The van der Waals surface area contributed by atoms with E-state index in [0.29, 0.717) is 12.4 Å². The summed E-state index contributed by atoms with van der Waals surface area (Å²) in [5, 5.41) is 3.99. The monoisotopic (exact) mass is 448 g/mol. The number of nitrogens with zero attached hydrogens (tertiary/aromatic N) is 2. The van der Waals surface area contributed by atoms with Crippen LogP contribution in [0.2, 0.25) is 0 Å². The van der Waals surface area contributed by atoms with Gasteiger partial charge in [0, 0.05) is 26.4 Å². The smallest absolute Gasteiger partial charge is 0.425 e. The molecule has 166 valence electrons. The molecule has 2 unspecified atom stereocenters. The predicted molar refractivity (Wildman–Crippen MR) is 103 cm³/mol. The molecule has 3 rings (SSSR count). The number of carbonyl (C=O) groups excluding carboxylic acids is 1. The van der Waals surface area contributed by atoms with Crippen LogP contribution in [-0.4, -0.2) is 63.7 Å². The number of halogens is 3. The fourth-order valence-corrected chi connectivity index (χ4v) is 4.35. The Hall–Kier alpha value is -2.50. The zero-order valence-electron chi connectivity index (χ0n) is 16.7. The van der Waals surface area contributed by atoms with Crippen LogP contribution < -0.4 is 15.9 Å². The molecule has 3 N–H and O–H groups in total. The van der Waals surface area contributed by atoms with Crippen molar-refractivity contribution in [3.8, 4) is 5.75 Å². The van der Waals surface area contributed by atoms with Crippen LogP contribution in [0.4, 0.5) is 13.2 Å². The number of ether oxygens (including phenoxy) is 1. The summed E-state index contributed by atoms with van der Waals surface area (Å²) < 4.78 is 67.7. The second-order valence-electron chi connectivity index (χ2n) is 7.70. The average molecular weight is 448 g/mol. The molecule has 1 aliphatic heterocycles. The molecule has 0 aromatic heterocycles. The standard InChI is InChI=1S/C18H23F3N4O4S/c1-10(18(19,20)21)29-14-5-4-12(30(3,27)28)6-13(14)15(26)25-8-11-7-17(11,9-25)16(22)24-23-2/h4-6,10-11,23H,7-9H2,1-3H3,(H2,22,24)/t10-,11?,17?/m0/s1. The molecule has 8 nitrogen and oxygen atoms in total. The lowest BCUT2D eigenvalue weighted by Crippen LogP contribution is -2.37. The number of hydrogen-bond donors (Lipinski definition) is 2. The van der Waals surface area contributed by atoms with E-state index in [9.17, 15) is 26.4 Å². The number of alkyl halides is 3. The highest BCUT2D eigenvalue weighted by molar-refractivity contribution is 7.90. The zero-order chi connectivity index (χ0) is 22.5. The topological polar surface area (TPSA) is 114 Å². The molecule has 1 aliphatic carbocycles. The van der Waals surface area contributed by atoms with Gasteiger partial charge in [0.25, 0.3) is 5.91 Å². The average Bonchev–Trinajstić information content (AvgIpc) is 3.21. The van der Waals surface area contributed by atoms with E-state index in [0.717, 1.165) is 37.8 Å². The Morgan fingerprint density at radius 2 is 2.10 bits per heavy atom. The first-order valence-corrected chi connectivity index (χ1v) is 11.1. The summed E-state index contributed by atoms with van der Waals surface area (Å²) in [6.45, 7) is 1.40. The van der Waals surface area contributed by atoms with E-state index >= 15 is 0 Å². The van der Waals surface area contributed by atoms with Gasteiger partial charge in [-0.05, 0) is 37.5 Å². The van der Waals surface area contributed by atoms with Crippen LogP contribution in [0.25, 0.3) is 0 Å². The van der Waals surface area contributed by atoms with Gasteiger partial charge in [-0.2, -0.15) is 18.3 Å². The number of benzene rings is 1. The molecule has 1 saturated carbocycles. The first-order valence-electron chi connectivity index (χ1n) is 9.16. The first-order chi connectivity index (χ1) is 13.8. The number of carbonyl (C=O) groups is 1. The maximum absolute atomic E-state index is 13.1. The third-order valence-electron chi connectivity index (χ3n) is 5.55. The molecule has 0 spiro atoms. The number of fused-ring (bicyclic) bond motifs is 1. The van der Waals surface area contributed by atoms with Gasteiger partial charge < -0.3 is 20.8 Å². The van der Waals surface area contributed by atoms with Crippen molar-refractivity contribution in [1.29, 1.82) is 0 Å². The van der Waals surface area contributed by atoms with Gasteiger partial charge >= 0.3 is 6.18 Å². The number of hydrazone groups is 1. The van der Waals surface area contributed by atoms with Crippen molar-refractivity contribution in [1.82, 2.24) is 10.3 Å². The summed E-state index contributed by atoms with van der Waals surface area (Å²) in [5.41, 5.74) is 7.91. The second-order valence-corrected chi connectivity index (χ2v) is 9.71. The molecular weight excluding hydrogens is 425 g/mol. The van der Waals surface area contributed by atoms with Gasteiger partial charge in [0.1, 0.15) is 11.6 Å². The lowest BCUT2D eigenvalue weighted by atomic mass is 10.1. The molecule has 1 amide bonds. The van der Waals surface area contributed by atoms with E-state index in [4.69, 9.17) is 10.5 Å². The van der Waals surface area contributed by atoms with E-state index in [1.165, 1.54) is 4.90 Å². The molecule has 0 radical (unpaired) electrons. The van der Waals surface area contributed by atoms with E-state index in [1.54, 1.807) is 7.05 Å². The van der Waals surface area contributed by atoms with Gasteiger partial charge in [-0.1, -0.05) is 0 Å². The third-order valence-corrected chi connectivity index (χ3v) is 6.66. The minimum Gasteiger partial charge on any atom is -0.480 e. The number of piperidine rings is 1. The molecule has 12 heteroatoms. The molecule has 0 bridgehead atoms. The SMILES string of the molecule is CNN=C(N)C12CC1CN(C(=O)c1cc(S(C)(=O)=O)ccc1O[C@@H](C)C(F)(F)F)C2. The maximum atomic E-state index is 13.1. The molecule has 1 saturated heterocycles. The number of likely N-dealkylation sites (tertiary alicyclic amines) is 1. The summed E-state index contributed by atoms with van der Waals surface area (Å²) in [5.74, 6) is -0.495. The summed E-state index contributed by atoms with van der Waals surface area (Å²) in [7, 11) is -2.09. The molecule has 1 aromatic rings. The number of rotatable bonds is 6. The molecule has 2 fully saturated rings. The number of hydrogen-bond acceptors (Lipinski definition) is 6. The predicted octanol–water partition coefficient (Wildman–Crippen LogP) is 1.37. The van der Waals surface area contributed by atoms with Crippen LogP contribution in [0.5, 0.6) is 5.75 Å². The fraction of sp³-hybridized carbons (Fsp3) is 0.556. The highest BCUT2D eigenvalue weighted by Gasteiger charge is 2.63. The Kier molecular flexibility index (Phi) is 5.42. The fourth-order valence-electron chi connectivity index (χ4n) is 3.70. The van der Waals surface area contributed by atoms with Gasteiger partial charge in [-0.25, -0.2) is 8.42 Å². The highest BCUT2D eigenvalue weighted by Crippen LogP contribution is 2.58. The molecule has 1 aromatic carbocycles. The van der Waals surface area contributed by atoms with Crippen molar-refractivity contribution in [3.63, 3.8) is 0 Å². The van der Waals surface area contributed by atoms with Crippen LogP contribution in [0, 0.1) is 11.3 Å². The van der Waals surface area contributed by atoms with Gasteiger partial charge in [-0.15, -0.1) is 0 Å². The first kappa shape index (κ1) is 22.2. The van der Waals surface area contributed by atoms with Crippen LogP contribution >= 0.6 is 0 Å². The van der Waals surface area contributed by atoms with Crippen LogP contribution in [0.3, 0.4) is 0 Å². The molecule has 2 aliphatic rings. The number of nitrogens with one attached hydrogen (secondary N) is 1. The van der Waals surface area contributed by atoms with Gasteiger partial charge in [0.2, 0.25) is 0 Å². The zero-order valence-corrected chi connectivity index (χ0v) is 17.5. The molecule has 30 heavy (non-hydrogen) atoms. The van der Waals surface area contributed by atoms with Crippen LogP contribution in [0.1, 0.15) is 23.7 Å². The minimum atomic E-state index is -4.65. The van der Waals surface area contributed by atoms with Gasteiger partial charge in [0.15, 0.2) is 15.9 Å². The number of nitrogens with two attached hydrogens (primary N) is 1. The van der Waals surface area contributed by atoms with Crippen LogP contribution in [0.15, 0.2) is 28.2 Å². The molecule has 3 atom stereocenters. The lowest BCUT2D eigenvalue weighted by Gasteiger charge is -2.24. The number of amidine groups is 1. The summed E-state index contributed by atoms with van der Waals surface area (Å²) in [4.78, 5) is 14.4. The van der Waals surface area contributed by atoms with Crippen molar-refractivity contribution in [2.75, 3.05) is 26.4 Å².